The minimum atomic E-state index is -0.00664. The van der Waals surface area contributed by atoms with Gasteiger partial charge in [-0.25, -0.2) is 0 Å². The predicted molar refractivity (Wildman–Crippen MR) is 61.8 cm³/mol. The molecular weight excluding hydrogens is 221 g/mol. The summed E-state index contributed by atoms with van der Waals surface area (Å²) in [5.41, 5.74) is 0.609. The third kappa shape index (κ3) is 2.98. The minimum Gasteiger partial charge on any atom is -0.537 e. The molecule has 0 aromatic heterocycles. The van der Waals surface area contributed by atoms with Gasteiger partial charge < -0.3 is 19.3 Å². The molecule has 89 valence electrons. The third-order valence-electron chi connectivity index (χ3n) is 2.59. The molecule has 0 aliphatic carbocycles. The number of morpholine rings is 1. The van der Waals surface area contributed by atoms with Crippen LogP contribution in [0.3, 0.4) is 0 Å². The summed E-state index contributed by atoms with van der Waals surface area (Å²) in [6.07, 6.45) is 0. The van der Waals surface area contributed by atoms with Crippen LogP contribution in [0.25, 0.3) is 0 Å². The Hall–Kier alpha value is -1.53. The molecule has 1 amide bonds. The normalized spacial score (nSPS) is 15.5. The number of carbonyl (C=O) groups excluding carboxylic acids is 1. The summed E-state index contributed by atoms with van der Waals surface area (Å²) >= 11 is 0. The Morgan fingerprint density at radius 1 is 1.29 bits per heavy atom. The van der Waals surface area contributed by atoms with Crippen LogP contribution in [0.4, 0.5) is 0 Å². The molecule has 1 radical (unpaired) electrons. The Balaban J connectivity index is 2.03. The van der Waals surface area contributed by atoms with E-state index in [4.69, 9.17) is 14.4 Å². The molecule has 17 heavy (non-hydrogen) atoms. The Bertz CT molecular complexity index is 376. The fraction of sp³-hybridized carbons (Fsp3) is 0.364. The lowest BCUT2D eigenvalue weighted by Crippen LogP contribution is -2.40. The zero-order chi connectivity index (χ0) is 12.1. The van der Waals surface area contributed by atoms with Gasteiger partial charge in [-0.15, -0.1) is 0 Å². The van der Waals surface area contributed by atoms with E-state index in [-0.39, 0.29) is 5.91 Å². The van der Waals surface area contributed by atoms with Crippen molar-refractivity contribution in [1.29, 1.82) is 0 Å². The van der Waals surface area contributed by atoms with Crippen molar-refractivity contribution in [3.8, 4) is 5.75 Å². The predicted octanol–water partition coefficient (Wildman–Crippen LogP) is 0.0643. The monoisotopic (exact) mass is 234 g/mol. The van der Waals surface area contributed by atoms with Crippen molar-refractivity contribution in [1.82, 2.24) is 4.90 Å². The summed E-state index contributed by atoms with van der Waals surface area (Å²) in [5.74, 6) is 0.485. The number of carbonyl (C=O) groups is 1. The topological polar surface area (TPSA) is 59.0 Å². The van der Waals surface area contributed by atoms with Gasteiger partial charge in [0.25, 0.3) is 5.91 Å². The highest BCUT2D eigenvalue weighted by molar-refractivity contribution is 6.17. The van der Waals surface area contributed by atoms with Gasteiger partial charge in [-0.3, -0.25) is 4.79 Å². The van der Waals surface area contributed by atoms with Gasteiger partial charge in [0.05, 0.1) is 13.2 Å². The first-order valence-electron chi connectivity index (χ1n) is 5.41. The molecule has 1 aliphatic rings. The Labute approximate surface area is 100 Å². The average molecular weight is 234 g/mol. The van der Waals surface area contributed by atoms with Gasteiger partial charge in [0.2, 0.25) is 0 Å². The highest BCUT2D eigenvalue weighted by atomic mass is 16.5. The highest BCUT2D eigenvalue weighted by Crippen LogP contribution is 2.13. The van der Waals surface area contributed by atoms with Crippen molar-refractivity contribution in [2.45, 2.75) is 0 Å². The van der Waals surface area contributed by atoms with Crippen LogP contribution in [-0.4, -0.2) is 49.8 Å². The van der Waals surface area contributed by atoms with Crippen LogP contribution in [0.5, 0.6) is 5.75 Å². The second kappa shape index (κ2) is 5.70. The maximum absolute atomic E-state index is 12.0. The van der Waals surface area contributed by atoms with Crippen LogP contribution in [-0.2, 0) is 4.74 Å². The minimum absolute atomic E-state index is 0.00664. The van der Waals surface area contributed by atoms with Crippen molar-refractivity contribution in [2.75, 3.05) is 26.3 Å². The van der Waals surface area contributed by atoms with E-state index in [1.165, 1.54) is 0 Å². The summed E-state index contributed by atoms with van der Waals surface area (Å²) in [4.78, 5) is 13.8. The molecule has 1 aromatic rings. The van der Waals surface area contributed by atoms with E-state index in [1.807, 2.05) is 0 Å². The summed E-state index contributed by atoms with van der Waals surface area (Å²) in [6.45, 7) is 2.43. The molecule has 0 saturated carbocycles. The van der Waals surface area contributed by atoms with Gasteiger partial charge in [0, 0.05) is 18.7 Å². The standard InChI is InChI=1S/C11H13BNO4/c14-11(13-5-7-16-8-6-13)9-1-3-10(4-2-9)17-12-15/h1-4,15H,5-8H2. The molecule has 5 nitrogen and oxygen atoms in total. The van der Waals surface area contributed by atoms with Crippen LogP contribution >= 0.6 is 0 Å². The van der Waals surface area contributed by atoms with E-state index in [9.17, 15) is 4.79 Å². The van der Waals surface area contributed by atoms with Gasteiger partial charge in [-0.2, -0.15) is 0 Å². The maximum atomic E-state index is 12.0. The molecule has 0 bridgehead atoms. The summed E-state index contributed by atoms with van der Waals surface area (Å²) in [7, 11) is 0.610. The van der Waals surface area contributed by atoms with E-state index < -0.39 is 0 Å². The van der Waals surface area contributed by atoms with E-state index >= 15 is 0 Å². The van der Waals surface area contributed by atoms with Crippen molar-refractivity contribution in [3.63, 3.8) is 0 Å². The highest BCUT2D eigenvalue weighted by Gasteiger charge is 2.18. The fourth-order valence-corrected chi connectivity index (χ4v) is 1.69. The molecule has 0 unspecified atom stereocenters. The smallest absolute Gasteiger partial charge is 0.537 e. The SMILES string of the molecule is O=C(c1ccc(O[B]O)cc1)N1CCOCC1. The number of amides is 1. The largest absolute Gasteiger partial charge is 0.569 e. The van der Waals surface area contributed by atoms with E-state index in [1.54, 1.807) is 29.2 Å². The van der Waals surface area contributed by atoms with Gasteiger partial charge in [0.1, 0.15) is 5.75 Å². The average Bonchev–Trinajstić information content (AvgIpc) is 2.40. The molecule has 1 fully saturated rings. The third-order valence-corrected chi connectivity index (χ3v) is 2.59. The fourth-order valence-electron chi connectivity index (χ4n) is 1.69. The van der Waals surface area contributed by atoms with Crippen LogP contribution < -0.4 is 4.65 Å². The number of rotatable bonds is 3. The van der Waals surface area contributed by atoms with Crippen molar-refractivity contribution in [2.24, 2.45) is 0 Å². The van der Waals surface area contributed by atoms with Gasteiger partial charge in [-0.05, 0) is 24.3 Å². The lowest BCUT2D eigenvalue weighted by atomic mass is 10.2. The van der Waals surface area contributed by atoms with Crippen LogP contribution in [0.2, 0.25) is 0 Å². The molecule has 1 saturated heterocycles. The van der Waals surface area contributed by atoms with Gasteiger partial charge >= 0.3 is 7.69 Å². The van der Waals surface area contributed by atoms with Crippen molar-refractivity contribution >= 4 is 13.6 Å². The Morgan fingerprint density at radius 2 is 1.94 bits per heavy atom. The van der Waals surface area contributed by atoms with Gasteiger partial charge in [0.15, 0.2) is 0 Å². The number of hydrogen-bond acceptors (Lipinski definition) is 4. The van der Waals surface area contributed by atoms with Crippen LogP contribution in [0, 0.1) is 0 Å². The number of nitrogens with zero attached hydrogens (tertiary/aromatic N) is 1. The zero-order valence-corrected chi connectivity index (χ0v) is 9.33. The lowest BCUT2D eigenvalue weighted by Gasteiger charge is -2.26. The first-order chi connectivity index (χ1) is 8.31. The Morgan fingerprint density at radius 3 is 2.53 bits per heavy atom. The molecule has 1 N–H and O–H groups in total. The maximum Gasteiger partial charge on any atom is 0.569 e. The molecule has 1 heterocycles. The van der Waals surface area contributed by atoms with E-state index in [0.717, 1.165) is 0 Å². The molecule has 1 aromatic carbocycles. The Kier molecular flexibility index (Phi) is 4.00. The van der Waals surface area contributed by atoms with Crippen LogP contribution in [0.15, 0.2) is 24.3 Å². The van der Waals surface area contributed by atoms with Gasteiger partial charge in [-0.1, -0.05) is 0 Å². The molecule has 0 atom stereocenters. The van der Waals surface area contributed by atoms with E-state index in [0.29, 0.717) is 45.3 Å². The molecule has 1 aliphatic heterocycles. The lowest BCUT2D eigenvalue weighted by molar-refractivity contribution is 0.0303. The second-order valence-corrected chi connectivity index (χ2v) is 3.65. The first kappa shape index (κ1) is 11.9. The van der Waals surface area contributed by atoms with E-state index in [2.05, 4.69) is 0 Å². The number of benzene rings is 1. The molecular formula is C11H13BNO4. The summed E-state index contributed by atoms with van der Waals surface area (Å²) in [5, 5.41) is 8.47. The number of ether oxygens (including phenoxy) is 1. The van der Waals surface area contributed by atoms with Crippen molar-refractivity contribution in [3.05, 3.63) is 29.8 Å². The first-order valence-corrected chi connectivity index (χ1v) is 5.41. The van der Waals surface area contributed by atoms with Crippen LogP contribution in [0.1, 0.15) is 10.4 Å². The second-order valence-electron chi connectivity index (χ2n) is 3.65. The van der Waals surface area contributed by atoms with Crippen molar-refractivity contribution < 1.29 is 19.2 Å². The molecule has 0 spiro atoms. The quantitative estimate of drug-likeness (QED) is 0.751. The molecule has 2 rings (SSSR count). The zero-order valence-electron chi connectivity index (χ0n) is 9.33. The summed E-state index contributed by atoms with van der Waals surface area (Å²) in [6, 6.07) is 6.63. The summed E-state index contributed by atoms with van der Waals surface area (Å²) < 4.78 is 9.96. The number of hydrogen-bond donors (Lipinski definition) is 1. The molecule has 6 heteroatoms.